The van der Waals surface area contributed by atoms with Crippen LogP contribution in [0.2, 0.25) is 5.02 Å². The molecule has 3 rings (SSSR count). The van der Waals surface area contributed by atoms with E-state index in [1.165, 1.54) is 17.8 Å². The van der Waals surface area contributed by atoms with Gasteiger partial charge in [-0.25, -0.2) is 4.79 Å². The van der Waals surface area contributed by atoms with E-state index in [1.54, 1.807) is 36.4 Å². The predicted molar refractivity (Wildman–Crippen MR) is 92.1 cm³/mol. The van der Waals surface area contributed by atoms with E-state index >= 15 is 0 Å². The Morgan fingerprint density at radius 2 is 1.83 bits per heavy atom. The molecule has 1 heterocycles. The molecule has 2 aromatic carbocycles. The zero-order chi connectivity index (χ0) is 17.1. The fraction of sp³-hybridized carbons (Fsp3) is 0. The summed E-state index contributed by atoms with van der Waals surface area (Å²) < 4.78 is 5.34. The standard InChI is InChI=1S/C18H11ClO4S/c19-12-2-5-14(6-3-12)24-17-8-1-11(9-15(17)18(21)22)16-7-4-13(10-20)23-16/h1-10H,(H,21,22). The van der Waals surface area contributed by atoms with Crippen LogP contribution < -0.4 is 0 Å². The lowest BCUT2D eigenvalue weighted by Gasteiger charge is -2.08. The number of carbonyl (C=O) groups is 2. The molecule has 120 valence electrons. The maximum Gasteiger partial charge on any atom is 0.336 e. The zero-order valence-corrected chi connectivity index (χ0v) is 13.8. The number of carbonyl (C=O) groups excluding carboxylic acids is 1. The van der Waals surface area contributed by atoms with Crippen molar-refractivity contribution in [3.63, 3.8) is 0 Å². The third kappa shape index (κ3) is 3.53. The highest BCUT2D eigenvalue weighted by molar-refractivity contribution is 7.99. The van der Waals surface area contributed by atoms with E-state index in [-0.39, 0.29) is 11.3 Å². The first-order valence-electron chi connectivity index (χ1n) is 6.93. The molecular formula is C18H11ClO4S. The van der Waals surface area contributed by atoms with Crippen molar-refractivity contribution in [1.82, 2.24) is 0 Å². The summed E-state index contributed by atoms with van der Waals surface area (Å²) in [6.45, 7) is 0. The summed E-state index contributed by atoms with van der Waals surface area (Å²) in [7, 11) is 0. The van der Waals surface area contributed by atoms with Crippen LogP contribution in [0.15, 0.2) is 68.8 Å². The fourth-order valence-corrected chi connectivity index (χ4v) is 3.18. The van der Waals surface area contributed by atoms with Crippen molar-refractivity contribution in [2.24, 2.45) is 0 Å². The number of carboxylic acid groups (broad SMARTS) is 1. The number of aldehydes is 1. The Balaban J connectivity index is 1.96. The van der Waals surface area contributed by atoms with Crippen molar-refractivity contribution < 1.29 is 19.1 Å². The van der Waals surface area contributed by atoms with Crippen LogP contribution >= 0.6 is 23.4 Å². The lowest BCUT2D eigenvalue weighted by atomic mass is 10.1. The highest BCUT2D eigenvalue weighted by atomic mass is 35.5. The van der Waals surface area contributed by atoms with Crippen molar-refractivity contribution >= 4 is 35.6 Å². The minimum Gasteiger partial charge on any atom is -0.478 e. The lowest BCUT2D eigenvalue weighted by molar-refractivity contribution is 0.0693. The molecule has 1 aromatic heterocycles. The van der Waals surface area contributed by atoms with Gasteiger partial charge in [0.25, 0.3) is 0 Å². The van der Waals surface area contributed by atoms with Crippen LogP contribution in [0.3, 0.4) is 0 Å². The van der Waals surface area contributed by atoms with Gasteiger partial charge in [0, 0.05) is 20.4 Å². The monoisotopic (exact) mass is 358 g/mol. The number of hydrogen-bond donors (Lipinski definition) is 1. The highest BCUT2D eigenvalue weighted by Gasteiger charge is 2.14. The molecule has 0 bridgehead atoms. The molecule has 0 spiro atoms. The van der Waals surface area contributed by atoms with Crippen LogP contribution in [0.25, 0.3) is 11.3 Å². The fourth-order valence-electron chi connectivity index (χ4n) is 2.14. The first-order chi connectivity index (χ1) is 11.6. The third-order valence-corrected chi connectivity index (χ3v) is 4.61. The molecular weight excluding hydrogens is 348 g/mol. The van der Waals surface area contributed by atoms with Crippen molar-refractivity contribution in [3.8, 4) is 11.3 Å². The highest BCUT2D eigenvalue weighted by Crippen LogP contribution is 2.34. The molecule has 0 fully saturated rings. The van der Waals surface area contributed by atoms with Crippen LogP contribution in [0, 0.1) is 0 Å². The van der Waals surface area contributed by atoms with Crippen LogP contribution in [0.5, 0.6) is 0 Å². The second-order valence-corrected chi connectivity index (χ2v) is 6.44. The summed E-state index contributed by atoms with van der Waals surface area (Å²) in [5.41, 5.74) is 0.762. The first-order valence-corrected chi connectivity index (χ1v) is 8.12. The average Bonchev–Trinajstić information content (AvgIpc) is 3.06. The number of furan rings is 1. The van der Waals surface area contributed by atoms with E-state index in [0.29, 0.717) is 27.5 Å². The largest absolute Gasteiger partial charge is 0.478 e. The summed E-state index contributed by atoms with van der Waals surface area (Å²) in [5, 5.41) is 10.1. The van der Waals surface area contributed by atoms with E-state index in [9.17, 15) is 14.7 Å². The summed E-state index contributed by atoms with van der Waals surface area (Å²) in [5.74, 6) is -0.389. The Hall–Kier alpha value is -2.50. The van der Waals surface area contributed by atoms with Crippen LogP contribution in [-0.4, -0.2) is 17.4 Å². The number of benzene rings is 2. The first kappa shape index (κ1) is 16.4. The number of aromatic carboxylic acids is 1. The van der Waals surface area contributed by atoms with Gasteiger partial charge >= 0.3 is 5.97 Å². The van der Waals surface area contributed by atoms with Crippen molar-refractivity contribution in [3.05, 3.63) is 70.9 Å². The molecule has 0 saturated heterocycles. The zero-order valence-electron chi connectivity index (χ0n) is 12.2. The molecule has 0 aliphatic heterocycles. The topological polar surface area (TPSA) is 67.5 Å². The van der Waals surface area contributed by atoms with Crippen LogP contribution in [0.1, 0.15) is 20.9 Å². The second kappa shape index (κ2) is 6.95. The predicted octanol–water partition coefficient (Wildman–Crippen LogP) is 5.26. The minimum absolute atomic E-state index is 0.163. The Labute approximate surface area is 147 Å². The number of rotatable bonds is 5. The van der Waals surface area contributed by atoms with Gasteiger partial charge in [0.15, 0.2) is 12.0 Å². The van der Waals surface area contributed by atoms with E-state index in [0.717, 1.165) is 4.90 Å². The molecule has 0 aliphatic carbocycles. The van der Waals surface area contributed by atoms with Crippen LogP contribution in [0.4, 0.5) is 0 Å². The van der Waals surface area contributed by atoms with Crippen molar-refractivity contribution in [2.75, 3.05) is 0 Å². The molecule has 0 amide bonds. The number of carboxylic acids is 1. The quantitative estimate of drug-likeness (QED) is 0.630. The summed E-state index contributed by atoms with van der Waals surface area (Å²) in [4.78, 5) is 23.8. The number of halogens is 1. The third-order valence-electron chi connectivity index (χ3n) is 3.28. The van der Waals surface area contributed by atoms with Crippen molar-refractivity contribution in [2.45, 2.75) is 9.79 Å². The van der Waals surface area contributed by atoms with Crippen molar-refractivity contribution in [1.29, 1.82) is 0 Å². The lowest BCUT2D eigenvalue weighted by Crippen LogP contribution is -1.99. The molecule has 0 radical (unpaired) electrons. The Bertz CT molecular complexity index is 900. The summed E-state index contributed by atoms with van der Waals surface area (Å²) in [6.07, 6.45) is 0.604. The Morgan fingerprint density at radius 1 is 1.08 bits per heavy atom. The van der Waals surface area contributed by atoms with Gasteiger partial charge in [0.2, 0.25) is 0 Å². The normalized spacial score (nSPS) is 10.5. The smallest absolute Gasteiger partial charge is 0.336 e. The molecule has 1 N–H and O–H groups in total. The van der Waals surface area contributed by atoms with Gasteiger partial charge in [-0.3, -0.25) is 4.79 Å². The van der Waals surface area contributed by atoms with E-state index < -0.39 is 5.97 Å². The van der Waals surface area contributed by atoms with Crippen LogP contribution in [-0.2, 0) is 0 Å². The van der Waals surface area contributed by atoms with Gasteiger partial charge in [-0.1, -0.05) is 29.4 Å². The molecule has 0 aliphatic rings. The Morgan fingerprint density at radius 3 is 2.46 bits per heavy atom. The molecule has 0 saturated carbocycles. The van der Waals surface area contributed by atoms with Gasteiger partial charge in [0.05, 0.1) is 5.56 Å². The van der Waals surface area contributed by atoms with E-state index in [1.807, 2.05) is 12.1 Å². The average molecular weight is 359 g/mol. The molecule has 3 aromatic rings. The molecule has 6 heteroatoms. The Kier molecular flexibility index (Phi) is 4.74. The summed E-state index contributed by atoms with van der Waals surface area (Å²) >= 11 is 7.20. The second-order valence-electron chi connectivity index (χ2n) is 4.89. The molecule has 0 atom stereocenters. The summed E-state index contributed by atoms with van der Waals surface area (Å²) in [6, 6.07) is 15.4. The van der Waals surface area contributed by atoms with E-state index in [2.05, 4.69) is 0 Å². The van der Waals surface area contributed by atoms with Gasteiger partial charge in [-0.2, -0.15) is 0 Å². The van der Waals surface area contributed by atoms with Gasteiger partial charge in [0.1, 0.15) is 5.76 Å². The van der Waals surface area contributed by atoms with Gasteiger partial charge in [-0.05, 0) is 48.5 Å². The molecule has 4 nitrogen and oxygen atoms in total. The number of hydrogen-bond acceptors (Lipinski definition) is 4. The molecule has 0 unspecified atom stereocenters. The SMILES string of the molecule is O=Cc1ccc(-c2ccc(Sc3ccc(Cl)cc3)c(C(=O)O)c2)o1. The maximum absolute atomic E-state index is 11.6. The maximum atomic E-state index is 11.6. The van der Waals surface area contributed by atoms with E-state index in [4.69, 9.17) is 16.0 Å². The van der Waals surface area contributed by atoms with Gasteiger partial charge < -0.3 is 9.52 Å². The molecule has 24 heavy (non-hydrogen) atoms. The minimum atomic E-state index is -1.03. The van der Waals surface area contributed by atoms with Gasteiger partial charge in [-0.15, -0.1) is 0 Å².